The van der Waals surface area contributed by atoms with Gasteiger partial charge in [0.1, 0.15) is 5.56 Å². The average Bonchev–Trinajstić information content (AvgIpc) is 2.22. The maximum atomic E-state index is 11.7. The zero-order chi connectivity index (χ0) is 13.0. The molecule has 0 radical (unpaired) electrons. The molecule has 0 spiro atoms. The molecule has 0 bridgehead atoms. The summed E-state index contributed by atoms with van der Waals surface area (Å²) in [6, 6.07) is 1.56. The van der Waals surface area contributed by atoms with Crippen LogP contribution in [0.15, 0.2) is 10.9 Å². The molecule has 0 fully saturated rings. The number of hydroxylamine groups is 1. The van der Waals surface area contributed by atoms with Crippen molar-refractivity contribution in [3.05, 3.63) is 33.2 Å². The number of carbonyl (C=O) groups excluding carboxylic acids is 1. The van der Waals surface area contributed by atoms with Gasteiger partial charge in [-0.1, -0.05) is 13.8 Å². The molecule has 0 atom stereocenters. The summed E-state index contributed by atoms with van der Waals surface area (Å²) in [7, 11) is 0. The monoisotopic (exact) mass is 238 g/mol. The number of hydrogen-bond donors (Lipinski definition) is 2. The smallest absolute Gasteiger partial charge is 0.280 e. The summed E-state index contributed by atoms with van der Waals surface area (Å²) in [5.41, 5.74) is 3.54. The van der Waals surface area contributed by atoms with Gasteiger partial charge in [0.05, 0.1) is 6.61 Å². The Bertz CT molecular complexity index is 463. The lowest BCUT2D eigenvalue weighted by Crippen LogP contribution is -2.31. The van der Waals surface area contributed by atoms with Crippen molar-refractivity contribution in [1.29, 1.82) is 0 Å². The van der Waals surface area contributed by atoms with Crippen molar-refractivity contribution in [3.63, 3.8) is 0 Å². The van der Waals surface area contributed by atoms with Crippen molar-refractivity contribution in [2.45, 2.75) is 27.7 Å². The van der Waals surface area contributed by atoms with Gasteiger partial charge in [0.2, 0.25) is 0 Å². The van der Waals surface area contributed by atoms with Crippen LogP contribution in [0.25, 0.3) is 0 Å². The topological polar surface area (TPSA) is 71.2 Å². The molecule has 0 aliphatic carbocycles. The highest BCUT2D eigenvalue weighted by atomic mass is 16.6. The van der Waals surface area contributed by atoms with Crippen LogP contribution in [0.5, 0.6) is 0 Å². The molecule has 94 valence electrons. The molecule has 5 nitrogen and oxygen atoms in total. The summed E-state index contributed by atoms with van der Waals surface area (Å²) < 4.78 is 0. The zero-order valence-electron chi connectivity index (χ0n) is 10.6. The van der Waals surface area contributed by atoms with E-state index in [1.165, 1.54) is 0 Å². The van der Waals surface area contributed by atoms with Gasteiger partial charge in [0.25, 0.3) is 11.5 Å². The van der Waals surface area contributed by atoms with E-state index >= 15 is 0 Å². The third-order valence-electron chi connectivity index (χ3n) is 2.32. The number of pyridine rings is 1. The molecule has 1 aromatic rings. The highest BCUT2D eigenvalue weighted by Crippen LogP contribution is 2.02. The molecular formula is C12H18N2O3. The Hall–Kier alpha value is -1.62. The number of rotatable bonds is 4. The minimum atomic E-state index is -0.519. The van der Waals surface area contributed by atoms with Gasteiger partial charge in [-0.3, -0.25) is 14.4 Å². The van der Waals surface area contributed by atoms with Gasteiger partial charge in [0, 0.05) is 5.69 Å². The van der Waals surface area contributed by atoms with Crippen molar-refractivity contribution >= 4 is 5.91 Å². The van der Waals surface area contributed by atoms with E-state index in [1.54, 1.807) is 13.0 Å². The SMILES string of the molecule is Cc1cc(C(=O)NOCC(C)C)c(=O)[nH]c1C. The molecular weight excluding hydrogens is 220 g/mol. The Kier molecular flexibility index (Phi) is 4.45. The highest BCUT2D eigenvalue weighted by Gasteiger charge is 2.12. The second-order valence-electron chi connectivity index (χ2n) is 4.46. The van der Waals surface area contributed by atoms with Crippen LogP contribution in [0.4, 0.5) is 0 Å². The summed E-state index contributed by atoms with van der Waals surface area (Å²) >= 11 is 0. The number of aromatic amines is 1. The van der Waals surface area contributed by atoms with Gasteiger partial charge in [0.15, 0.2) is 0 Å². The predicted molar refractivity (Wildman–Crippen MR) is 64.8 cm³/mol. The van der Waals surface area contributed by atoms with Gasteiger partial charge < -0.3 is 4.98 Å². The first-order chi connectivity index (χ1) is 7.91. The second kappa shape index (κ2) is 5.63. The Morgan fingerprint density at radius 2 is 2.12 bits per heavy atom. The Morgan fingerprint density at radius 3 is 2.71 bits per heavy atom. The van der Waals surface area contributed by atoms with Crippen LogP contribution in [0, 0.1) is 19.8 Å². The van der Waals surface area contributed by atoms with E-state index in [2.05, 4.69) is 10.5 Å². The number of amides is 1. The number of hydrogen-bond acceptors (Lipinski definition) is 3. The largest absolute Gasteiger partial charge is 0.326 e. The molecule has 0 aromatic carbocycles. The molecule has 1 amide bonds. The minimum Gasteiger partial charge on any atom is -0.326 e. The van der Waals surface area contributed by atoms with E-state index in [0.717, 1.165) is 11.3 Å². The van der Waals surface area contributed by atoms with Crippen LogP contribution in [-0.2, 0) is 4.84 Å². The normalized spacial score (nSPS) is 10.6. The van der Waals surface area contributed by atoms with Crippen molar-refractivity contribution in [3.8, 4) is 0 Å². The van der Waals surface area contributed by atoms with E-state index in [-0.39, 0.29) is 5.56 Å². The summed E-state index contributed by atoms with van der Waals surface area (Å²) in [5.74, 6) is -0.205. The van der Waals surface area contributed by atoms with Crippen LogP contribution in [-0.4, -0.2) is 17.5 Å². The predicted octanol–water partition coefficient (Wildman–Crippen LogP) is 1.31. The van der Waals surface area contributed by atoms with Crippen molar-refractivity contribution in [1.82, 2.24) is 10.5 Å². The van der Waals surface area contributed by atoms with Gasteiger partial charge in [-0.25, -0.2) is 5.48 Å². The molecule has 0 saturated heterocycles. The molecule has 17 heavy (non-hydrogen) atoms. The Labute approximate surface area is 100 Å². The lowest BCUT2D eigenvalue weighted by Gasteiger charge is -2.08. The standard InChI is InChI=1S/C12H18N2O3/c1-7(2)6-17-14-12(16)10-5-8(3)9(4)13-11(10)15/h5,7H,6H2,1-4H3,(H,13,15)(H,14,16). The van der Waals surface area contributed by atoms with E-state index in [4.69, 9.17) is 4.84 Å². The molecule has 0 unspecified atom stereocenters. The molecule has 0 saturated carbocycles. The maximum Gasteiger partial charge on any atom is 0.280 e. The highest BCUT2D eigenvalue weighted by molar-refractivity contribution is 5.93. The average molecular weight is 238 g/mol. The summed E-state index contributed by atoms with van der Waals surface area (Å²) in [6.07, 6.45) is 0. The van der Waals surface area contributed by atoms with E-state index in [1.807, 2.05) is 20.8 Å². The molecule has 0 aliphatic rings. The Balaban J connectivity index is 2.76. The first kappa shape index (κ1) is 13.4. The van der Waals surface area contributed by atoms with E-state index in [0.29, 0.717) is 12.5 Å². The summed E-state index contributed by atoms with van der Waals surface area (Å²) in [4.78, 5) is 30.8. The van der Waals surface area contributed by atoms with Crippen molar-refractivity contribution in [2.24, 2.45) is 5.92 Å². The first-order valence-electron chi connectivity index (χ1n) is 5.54. The zero-order valence-corrected chi connectivity index (χ0v) is 10.6. The van der Waals surface area contributed by atoms with Gasteiger partial charge in [-0.2, -0.15) is 0 Å². The lowest BCUT2D eigenvalue weighted by molar-refractivity contribution is 0.0207. The quantitative estimate of drug-likeness (QED) is 0.777. The Morgan fingerprint density at radius 1 is 1.47 bits per heavy atom. The van der Waals surface area contributed by atoms with Crippen molar-refractivity contribution < 1.29 is 9.63 Å². The van der Waals surface area contributed by atoms with Gasteiger partial charge >= 0.3 is 0 Å². The third-order valence-corrected chi connectivity index (χ3v) is 2.32. The van der Waals surface area contributed by atoms with Gasteiger partial charge in [-0.15, -0.1) is 0 Å². The molecule has 1 heterocycles. The number of carbonyl (C=O) groups is 1. The number of H-pyrrole nitrogens is 1. The molecule has 2 N–H and O–H groups in total. The molecule has 1 rings (SSSR count). The van der Waals surface area contributed by atoms with Crippen LogP contribution in [0.2, 0.25) is 0 Å². The summed E-state index contributed by atoms with van der Waals surface area (Å²) in [5, 5.41) is 0. The number of aromatic nitrogens is 1. The van der Waals surface area contributed by atoms with Crippen molar-refractivity contribution in [2.75, 3.05) is 6.61 Å². The maximum absolute atomic E-state index is 11.7. The van der Waals surface area contributed by atoms with E-state index < -0.39 is 11.5 Å². The second-order valence-corrected chi connectivity index (χ2v) is 4.46. The first-order valence-corrected chi connectivity index (χ1v) is 5.54. The number of aryl methyl sites for hydroxylation is 2. The summed E-state index contributed by atoms with van der Waals surface area (Å²) in [6.45, 7) is 7.96. The van der Waals surface area contributed by atoms with Crippen LogP contribution in [0.1, 0.15) is 35.5 Å². The third kappa shape index (κ3) is 3.71. The van der Waals surface area contributed by atoms with Crippen LogP contribution >= 0.6 is 0 Å². The lowest BCUT2D eigenvalue weighted by atomic mass is 10.1. The fourth-order valence-electron chi connectivity index (χ4n) is 1.22. The molecule has 1 aromatic heterocycles. The minimum absolute atomic E-state index is 0.0665. The van der Waals surface area contributed by atoms with Crippen LogP contribution in [0.3, 0.4) is 0 Å². The fourth-order valence-corrected chi connectivity index (χ4v) is 1.22. The molecule has 0 aliphatic heterocycles. The fraction of sp³-hybridized carbons (Fsp3) is 0.500. The molecule has 5 heteroatoms. The van der Waals surface area contributed by atoms with E-state index in [9.17, 15) is 9.59 Å². The van der Waals surface area contributed by atoms with Gasteiger partial charge in [-0.05, 0) is 31.4 Å². The van der Waals surface area contributed by atoms with Crippen LogP contribution < -0.4 is 11.0 Å². The number of nitrogens with one attached hydrogen (secondary N) is 2.